The number of aliphatic hydroxyl groups is 3. The van der Waals surface area contributed by atoms with Gasteiger partial charge in [0.1, 0.15) is 22.6 Å². The average Bonchev–Trinajstić information content (AvgIpc) is 1.61. The maximum Gasteiger partial charge on any atom is 0.239 e. The average molecular weight is 1860 g/mol. The van der Waals surface area contributed by atoms with E-state index in [0.29, 0.717) is 30.0 Å². The molecule has 31 nitrogen and oxygen atoms in total. The molecule has 0 atom stereocenters. The molecule has 4 aliphatic carbocycles. The van der Waals surface area contributed by atoms with Gasteiger partial charge >= 0.3 is 0 Å². The number of aryl methyl sites for hydroxylation is 10. The molecular weight excluding hydrogens is 1720 g/mol. The normalized spacial score (nSPS) is 23.5. The highest BCUT2D eigenvalue weighted by atomic mass is 32.1. The van der Waals surface area contributed by atoms with Gasteiger partial charge in [0.25, 0.3) is 0 Å². The number of amides is 4. The van der Waals surface area contributed by atoms with Crippen LogP contribution in [0.5, 0.6) is 0 Å². The van der Waals surface area contributed by atoms with Gasteiger partial charge in [-0.25, -0.2) is 9.97 Å². The molecule has 4 saturated heterocycles. The number of Topliss-reactive ketones (excluding diaryl/α,β-unsaturated/α-hetero) is 1. The first-order chi connectivity index (χ1) is 63.6. The zero-order chi connectivity index (χ0) is 92.7. The van der Waals surface area contributed by atoms with E-state index >= 15 is 0 Å². The van der Waals surface area contributed by atoms with E-state index in [0.717, 1.165) is 279 Å². The van der Waals surface area contributed by atoms with Crippen molar-refractivity contribution in [2.24, 2.45) is 5.92 Å². The van der Waals surface area contributed by atoms with Crippen LogP contribution in [0.15, 0.2) is 96.9 Å². The van der Waals surface area contributed by atoms with Gasteiger partial charge in [0.05, 0.1) is 103 Å². The molecule has 0 unspecified atom stereocenters. The van der Waals surface area contributed by atoms with Crippen LogP contribution in [0.4, 0.5) is 23.3 Å². The zero-order valence-electron chi connectivity index (χ0n) is 78.6. The summed E-state index contributed by atoms with van der Waals surface area (Å²) in [5.41, 5.74) is 8.65. The lowest BCUT2D eigenvalue weighted by Crippen LogP contribution is -2.63. The Balaban J connectivity index is 0.000000129. The van der Waals surface area contributed by atoms with Gasteiger partial charge in [-0.3, -0.25) is 67.3 Å². The quantitative estimate of drug-likeness (QED) is 0.0207. The van der Waals surface area contributed by atoms with Crippen molar-refractivity contribution in [2.75, 3.05) is 99.8 Å². The van der Waals surface area contributed by atoms with Gasteiger partial charge in [0.15, 0.2) is 23.3 Å². The first kappa shape index (κ1) is 95.3. The number of thiazole rings is 3. The van der Waals surface area contributed by atoms with Crippen LogP contribution in [-0.2, 0) is 73.4 Å². The summed E-state index contributed by atoms with van der Waals surface area (Å²) in [6.45, 7) is 33.4. The summed E-state index contributed by atoms with van der Waals surface area (Å²) in [6, 6.07) is 27.9. The predicted octanol–water partition coefficient (Wildman–Crippen LogP) is 12.2. The minimum atomic E-state index is -0.723. The summed E-state index contributed by atoms with van der Waals surface area (Å²) < 4.78 is 7.83. The van der Waals surface area contributed by atoms with E-state index in [-0.39, 0.29) is 79.9 Å². The third-order valence-corrected chi connectivity index (χ3v) is 32.0. The van der Waals surface area contributed by atoms with Crippen LogP contribution in [0.3, 0.4) is 0 Å². The van der Waals surface area contributed by atoms with Crippen LogP contribution in [0, 0.1) is 40.5 Å². The number of aromatic nitrogens is 11. The molecule has 34 heteroatoms. The van der Waals surface area contributed by atoms with Crippen molar-refractivity contribution in [3.05, 3.63) is 144 Å². The fourth-order valence-corrected chi connectivity index (χ4v) is 23.4. The molecule has 0 radical (unpaired) electrons. The van der Waals surface area contributed by atoms with Crippen LogP contribution in [-0.4, -0.2) is 245 Å². The van der Waals surface area contributed by atoms with E-state index in [4.69, 9.17) is 0 Å². The summed E-state index contributed by atoms with van der Waals surface area (Å²) in [5.74, 6) is 3.64. The number of nitrogens with zero attached hydrogens (tertiary/aromatic N) is 15. The van der Waals surface area contributed by atoms with Crippen molar-refractivity contribution in [3.63, 3.8) is 0 Å². The SMILES string of the molecule is CCc1ncc(C2(O)CCC(N3CC(NC(=O)CNc4nn(CC)c5ccc(C)cc45)C3)CC2)s1.CCn1nc(NCC(=O)NC2CN(C3CCC(C(C)=O)CC3)C2)c2cc(C)ccc21.CCn1nc(NCC(=O)NC2CN(C3CCC(O)(c4cnc(C)s4)CC3)C2)c2cc(C)ccc21.CCn1nc(NCC(=O)NC2CN(C3CCC(O)(c4cncs4)CC3)C2)c2cc(C)ccc21. The van der Waals surface area contributed by atoms with Crippen molar-refractivity contribution < 1.29 is 39.3 Å². The standard InChI is InChI=1S/C26H36N6O2S.C25H34N6O2S.C24H32N6O2S.C23H33N5O2/c1-4-24-27-13-22(35-24)26(34)10-8-19(9-11-26)31-15-18(16-31)29-23(33)14-28-25-20-12-17(3)6-7-21(20)32(5-2)30-25;1-4-31-21-6-5-16(2)11-20(21)24(29-31)27-13-23(32)28-18-14-30(15-18)19-7-9-25(33,10-8-19)22-12-26-17(3)34-22;1-3-30-20-5-4-16(2)10-19(20)23(28-30)26-12-22(31)27-17-13-29(14-17)18-6-8-24(32,9-7-18)21-11-25-15-33-21;1-4-28-21-10-5-15(2)11-20(21)23(26-28)24-12-22(30)25-18-13-27(14-18)19-8-6-17(7-9-19)16(3)29/h6-7,12-13,18-19,34H,4-5,8-11,14-16H2,1-3H3,(H,28,30)(H,29,33);5-6,11-12,18-19,33H,4,7-10,13-15H2,1-3H3,(H,27,29)(H,28,32);4-5,10-11,15,17-18,32H,3,6-9,12-14H2,1-2H3,(H,26,28)(H,27,31);5,10-11,17-19H,4,6-9,12-14H2,1-3H3,(H,24,26)(H,25,30). The number of benzene rings is 4. The molecule has 132 heavy (non-hydrogen) atoms. The monoisotopic (exact) mass is 1860 g/mol. The van der Waals surface area contributed by atoms with Gasteiger partial charge in [-0.2, -0.15) is 20.4 Å². The Morgan fingerprint density at radius 2 is 0.682 bits per heavy atom. The van der Waals surface area contributed by atoms with E-state index in [1.54, 1.807) is 41.3 Å². The Kier molecular flexibility index (Phi) is 30.3. The van der Waals surface area contributed by atoms with Crippen molar-refractivity contribution in [3.8, 4) is 0 Å². The second kappa shape index (κ2) is 41.9. The summed E-state index contributed by atoms with van der Waals surface area (Å²) in [5, 5.41) is 83.5. The molecule has 11 heterocycles. The first-order valence-corrected chi connectivity index (χ1v) is 50.6. The van der Waals surface area contributed by atoms with Gasteiger partial charge < -0.3 is 57.9 Å². The van der Waals surface area contributed by atoms with Gasteiger partial charge in [-0.15, -0.1) is 34.0 Å². The molecule has 11 aromatic rings. The van der Waals surface area contributed by atoms with Crippen LogP contribution in [0.2, 0.25) is 0 Å². The maximum atomic E-state index is 12.6. The highest BCUT2D eigenvalue weighted by Crippen LogP contribution is 2.45. The molecule has 19 rings (SSSR count). The molecule has 4 aromatic carbocycles. The van der Waals surface area contributed by atoms with Gasteiger partial charge in [-0.1, -0.05) is 53.4 Å². The number of carbonyl (C=O) groups excluding carboxylic acids is 5. The number of ketones is 1. The molecule has 4 saturated carbocycles. The molecular formula is C98H135N23O8S3. The Morgan fingerprint density at radius 3 is 0.947 bits per heavy atom. The maximum absolute atomic E-state index is 12.6. The lowest BCUT2D eigenvalue weighted by atomic mass is 9.80. The third kappa shape index (κ3) is 22.2. The second-order valence-corrected chi connectivity index (χ2v) is 41.2. The lowest BCUT2D eigenvalue weighted by molar-refractivity contribution is -0.123. The van der Waals surface area contributed by atoms with Crippen molar-refractivity contribution in [1.29, 1.82) is 0 Å². The minimum Gasteiger partial charge on any atom is -0.384 e. The van der Waals surface area contributed by atoms with E-state index in [2.05, 4.69) is 233 Å². The number of rotatable bonds is 29. The largest absolute Gasteiger partial charge is 0.384 e. The van der Waals surface area contributed by atoms with E-state index in [1.807, 2.05) is 38.0 Å². The van der Waals surface area contributed by atoms with Crippen molar-refractivity contribution >= 4 is 130 Å². The number of anilines is 4. The minimum absolute atomic E-state index is 0.00329. The number of hydrogen-bond acceptors (Lipinski definition) is 26. The lowest BCUT2D eigenvalue weighted by Gasteiger charge is -2.48. The van der Waals surface area contributed by atoms with Gasteiger partial charge in [0, 0.05) is 149 Å². The fraction of sp³-hybridized carbons (Fsp3) is 0.571. The Labute approximate surface area is 785 Å². The number of nitrogens with one attached hydrogen (secondary N) is 8. The molecule has 4 amide bonds. The summed E-state index contributed by atoms with van der Waals surface area (Å²) in [4.78, 5) is 87.3. The molecule has 4 aliphatic heterocycles. The highest BCUT2D eigenvalue weighted by molar-refractivity contribution is 7.12. The summed E-state index contributed by atoms with van der Waals surface area (Å²) >= 11 is 4.79. The molecule has 8 fully saturated rings. The van der Waals surface area contributed by atoms with Gasteiger partial charge in [0.2, 0.25) is 23.6 Å². The molecule has 11 N–H and O–H groups in total. The molecule has 708 valence electrons. The van der Waals surface area contributed by atoms with Gasteiger partial charge in [-0.05, 0) is 227 Å². The molecule has 0 spiro atoms. The summed E-state index contributed by atoms with van der Waals surface area (Å²) in [6.07, 6.45) is 21.1. The van der Waals surface area contributed by atoms with Crippen molar-refractivity contribution in [1.82, 2.24) is 94.9 Å². The smallest absolute Gasteiger partial charge is 0.239 e. The third-order valence-electron chi connectivity index (χ3n) is 28.6. The van der Waals surface area contributed by atoms with E-state index < -0.39 is 16.8 Å². The zero-order valence-corrected chi connectivity index (χ0v) is 81.0. The topological polar surface area (TPSA) is 365 Å². The number of likely N-dealkylation sites (tertiary alicyclic amines) is 4. The van der Waals surface area contributed by atoms with Crippen LogP contribution < -0.4 is 42.5 Å². The molecule has 8 aliphatic rings. The van der Waals surface area contributed by atoms with E-state index in [1.165, 1.54) is 33.6 Å². The molecule has 7 aromatic heterocycles. The van der Waals surface area contributed by atoms with Crippen molar-refractivity contribution in [2.45, 2.75) is 277 Å². The fourth-order valence-electron chi connectivity index (χ4n) is 20.7. The predicted molar refractivity (Wildman–Crippen MR) is 524 cm³/mol. The van der Waals surface area contributed by atoms with E-state index in [9.17, 15) is 39.3 Å². The number of carbonyl (C=O) groups is 5. The Morgan fingerprint density at radius 1 is 0.386 bits per heavy atom. The summed E-state index contributed by atoms with van der Waals surface area (Å²) in [7, 11) is 0. The van der Waals surface area contributed by atoms with Crippen LogP contribution in [0.25, 0.3) is 43.6 Å². The highest BCUT2D eigenvalue weighted by Gasteiger charge is 2.46. The van der Waals surface area contributed by atoms with Crippen LogP contribution >= 0.6 is 34.0 Å². The molecule has 0 bridgehead atoms. The number of hydrogen-bond donors (Lipinski definition) is 11. The Bertz CT molecular complexity index is 5800. The van der Waals surface area contributed by atoms with Crippen LogP contribution in [0.1, 0.15) is 191 Å². The Hall–Kier alpha value is -9.88. The second-order valence-electron chi connectivity index (χ2n) is 38.0. The number of fused-ring (bicyclic) bond motifs is 4. The first-order valence-electron chi connectivity index (χ1n) is 48.0.